The summed E-state index contributed by atoms with van der Waals surface area (Å²) in [4.78, 5) is 13.8. The van der Waals surface area contributed by atoms with Crippen molar-refractivity contribution in [1.29, 1.82) is 0 Å². The molecule has 0 saturated carbocycles. The summed E-state index contributed by atoms with van der Waals surface area (Å²) in [6, 6.07) is 1.99. The van der Waals surface area contributed by atoms with E-state index in [2.05, 4.69) is 10.3 Å². The van der Waals surface area contributed by atoms with Crippen LogP contribution >= 0.6 is 23.1 Å². The third-order valence-corrected chi connectivity index (χ3v) is 4.20. The number of carbonyl (C=O) groups is 1. The van der Waals surface area contributed by atoms with Gasteiger partial charge in [-0.05, 0) is 18.2 Å². The minimum atomic E-state index is 0.830. The van der Waals surface area contributed by atoms with Crippen LogP contribution in [-0.2, 0) is 0 Å². The lowest BCUT2D eigenvalue weighted by atomic mass is 10.3. The van der Waals surface area contributed by atoms with Crippen LogP contribution in [0.3, 0.4) is 0 Å². The van der Waals surface area contributed by atoms with Crippen molar-refractivity contribution in [3.05, 3.63) is 16.3 Å². The van der Waals surface area contributed by atoms with Gasteiger partial charge in [0.2, 0.25) is 0 Å². The van der Waals surface area contributed by atoms with E-state index in [9.17, 15) is 4.79 Å². The SMILES string of the molecule is O=Cc1cc(N2CCCSCC2)cs1. The van der Waals surface area contributed by atoms with Gasteiger partial charge in [0.05, 0.1) is 4.88 Å². The highest BCUT2D eigenvalue weighted by Gasteiger charge is 2.11. The number of hydrogen-bond acceptors (Lipinski definition) is 4. The molecule has 0 N–H and O–H groups in total. The maximum Gasteiger partial charge on any atom is 0.160 e. The van der Waals surface area contributed by atoms with E-state index in [-0.39, 0.29) is 0 Å². The highest BCUT2D eigenvalue weighted by molar-refractivity contribution is 7.99. The first-order valence-corrected chi connectivity index (χ1v) is 6.80. The molecule has 1 saturated heterocycles. The number of hydrogen-bond donors (Lipinski definition) is 0. The molecule has 0 spiro atoms. The molecule has 0 amide bonds. The van der Waals surface area contributed by atoms with E-state index in [1.54, 1.807) is 0 Å². The Morgan fingerprint density at radius 3 is 3.07 bits per heavy atom. The largest absolute Gasteiger partial charge is 0.370 e. The van der Waals surface area contributed by atoms with Gasteiger partial charge in [-0.25, -0.2) is 0 Å². The molecule has 0 unspecified atom stereocenters. The number of nitrogens with zero attached hydrogens (tertiary/aromatic N) is 1. The molecule has 1 fully saturated rings. The molecule has 1 aromatic rings. The van der Waals surface area contributed by atoms with Gasteiger partial charge in [-0.1, -0.05) is 0 Å². The number of thiophene rings is 1. The third kappa shape index (κ3) is 2.30. The van der Waals surface area contributed by atoms with Crippen molar-refractivity contribution in [2.24, 2.45) is 0 Å². The van der Waals surface area contributed by atoms with Crippen molar-refractivity contribution in [2.45, 2.75) is 6.42 Å². The Morgan fingerprint density at radius 1 is 1.36 bits per heavy atom. The standard InChI is InChI=1S/C10H13NOS2/c12-7-10-6-9(8-14-10)11-2-1-4-13-5-3-11/h6-8H,1-5H2. The lowest BCUT2D eigenvalue weighted by Gasteiger charge is -2.20. The summed E-state index contributed by atoms with van der Waals surface area (Å²) in [6.07, 6.45) is 2.18. The summed E-state index contributed by atoms with van der Waals surface area (Å²) < 4.78 is 0. The van der Waals surface area contributed by atoms with Gasteiger partial charge >= 0.3 is 0 Å². The van der Waals surface area contributed by atoms with E-state index in [0.29, 0.717) is 0 Å². The van der Waals surface area contributed by atoms with Gasteiger partial charge in [0, 0.05) is 29.9 Å². The Hall–Kier alpha value is -0.480. The molecule has 0 aliphatic carbocycles. The molecule has 2 nitrogen and oxygen atoms in total. The van der Waals surface area contributed by atoms with E-state index in [1.807, 2.05) is 17.8 Å². The number of anilines is 1. The lowest BCUT2D eigenvalue weighted by Crippen LogP contribution is -2.24. The van der Waals surface area contributed by atoms with Crippen molar-refractivity contribution in [2.75, 3.05) is 29.5 Å². The van der Waals surface area contributed by atoms with Crippen molar-refractivity contribution >= 4 is 35.1 Å². The summed E-state index contributed by atoms with van der Waals surface area (Å²) >= 11 is 3.55. The van der Waals surface area contributed by atoms with Crippen LogP contribution in [0.5, 0.6) is 0 Å². The molecule has 0 atom stereocenters. The zero-order chi connectivity index (χ0) is 9.80. The molecule has 4 heteroatoms. The van der Waals surface area contributed by atoms with Crippen molar-refractivity contribution in [3.63, 3.8) is 0 Å². The summed E-state index contributed by atoms with van der Waals surface area (Å²) in [7, 11) is 0. The van der Waals surface area contributed by atoms with E-state index in [0.717, 1.165) is 24.3 Å². The zero-order valence-corrected chi connectivity index (χ0v) is 9.57. The maximum absolute atomic E-state index is 10.6. The van der Waals surface area contributed by atoms with Gasteiger partial charge < -0.3 is 4.90 Å². The van der Waals surface area contributed by atoms with Gasteiger partial charge in [-0.15, -0.1) is 11.3 Å². The van der Waals surface area contributed by atoms with Crippen molar-refractivity contribution in [1.82, 2.24) is 0 Å². The quantitative estimate of drug-likeness (QED) is 0.724. The second-order valence-corrected chi connectivity index (χ2v) is 5.45. The molecule has 1 aliphatic heterocycles. The smallest absolute Gasteiger partial charge is 0.160 e. The van der Waals surface area contributed by atoms with Gasteiger partial charge in [0.15, 0.2) is 6.29 Å². The first-order chi connectivity index (χ1) is 6.90. The zero-order valence-electron chi connectivity index (χ0n) is 7.94. The average molecular weight is 227 g/mol. The normalized spacial score (nSPS) is 17.9. The van der Waals surface area contributed by atoms with E-state index < -0.39 is 0 Å². The van der Waals surface area contributed by atoms with Gasteiger partial charge in [-0.3, -0.25) is 4.79 Å². The Balaban J connectivity index is 2.08. The Morgan fingerprint density at radius 2 is 2.29 bits per heavy atom. The van der Waals surface area contributed by atoms with Crippen LogP contribution in [0.2, 0.25) is 0 Å². The second-order valence-electron chi connectivity index (χ2n) is 3.28. The van der Waals surface area contributed by atoms with Crippen molar-refractivity contribution in [3.8, 4) is 0 Å². The summed E-state index contributed by atoms with van der Waals surface area (Å²) in [6.45, 7) is 2.24. The van der Waals surface area contributed by atoms with Crippen LogP contribution in [0, 0.1) is 0 Å². The van der Waals surface area contributed by atoms with Crippen LogP contribution in [-0.4, -0.2) is 30.9 Å². The van der Waals surface area contributed by atoms with E-state index in [1.165, 1.54) is 35.0 Å². The number of carbonyl (C=O) groups excluding carboxylic acids is 1. The molecule has 76 valence electrons. The predicted molar refractivity (Wildman–Crippen MR) is 63.9 cm³/mol. The number of rotatable bonds is 2. The Labute approximate surface area is 92.3 Å². The first-order valence-electron chi connectivity index (χ1n) is 4.76. The van der Waals surface area contributed by atoms with Gasteiger partial charge in [0.25, 0.3) is 0 Å². The molecule has 0 aromatic carbocycles. The van der Waals surface area contributed by atoms with Gasteiger partial charge in [0.1, 0.15) is 0 Å². The molecule has 14 heavy (non-hydrogen) atoms. The Kier molecular flexibility index (Phi) is 3.48. The van der Waals surface area contributed by atoms with Crippen LogP contribution in [0.4, 0.5) is 5.69 Å². The first kappa shape index (κ1) is 10.1. The summed E-state index contributed by atoms with van der Waals surface area (Å²) in [5.41, 5.74) is 1.22. The lowest BCUT2D eigenvalue weighted by molar-refractivity contribution is 0.112. The predicted octanol–water partition coefficient (Wildman–Crippen LogP) is 2.50. The highest BCUT2D eigenvalue weighted by Crippen LogP contribution is 2.24. The molecule has 0 bridgehead atoms. The molecular weight excluding hydrogens is 214 g/mol. The van der Waals surface area contributed by atoms with Gasteiger partial charge in [-0.2, -0.15) is 11.8 Å². The fourth-order valence-corrected chi connectivity index (χ4v) is 3.18. The number of thioether (sulfide) groups is 1. The molecule has 2 rings (SSSR count). The van der Waals surface area contributed by atoms with E-state index in [4.69, 9.17) is 0 Å². The molecule has 1 aromatic heterocycles. The maximum atomic E-state index is 10.6. The summed E-state index contributed by atoms with van der Waals surface area (Å²) in [5.74, 6) is 2.47. The molecule has 2 heterocycles. The monoisotopic (exact) mass is 227 g/mol. The fraction of sp³-hybridized carbons (Fsp3) is 0.500. The highest BCUT2D eigenvalue weighted by atomic mass is 32.2. The van der Waals surface area contributed by atoms with Crippen LogP contribution in [0.1, 0.15) is 16.1 Å². The molecule has 1 aliphatic rings. The fourth-order valence-electron chi connectivity index (χ4n) is 1.57. The van der Waals surface area contributed by atoms with E-state index >= 15 is 0 Å². The third-order valence-electron chi connectivity index (χ3n) is 2.31. The average Bonchev–Trinajstić information content (AvgIpc) is 2.53. The molecular formula is C10H13NOS2. The number of aldehydes is 1. The minimum Gasteiger partial charge on any atom is -0.370 e. The van der Waals surface area contributed by atoms with Crippen LogP contribution < -0.4 is 4.90 Å². The minimum absolute atomic E-state index is 0.830. The second kappa shape index (κ2) is 4.84. The Bertz CT molecular complexity index is 303. The summed E-state index contributed by atoms with van der Waals surface area (Å²) in [5, 5.41) is 2.08. The molecule has 0 radical (unpaired) electrons. The van der Waals surface area contributed by atoms with Crippen LogP contribution in [0.25, 0.3) is 0 Å². The van der Waals surface area contributed by atoms with Crippen molar-refractivity contribution < 1.29 is 4.79 Å². The van der Waals surface area contributed by atoms with Crippen LogP contribution in [0.15, 0.2) is 11.4 Å². The topological polar surface area (TPSA) is 20.3 Å².